The molecule has 0 saturated heterocycles. The minimum Gasteiger partial charge on any atom is -0.496 e. The number of nitrogens with zero attached hydrogens (tertiary/aromatic N) is 2. The lowest BCUT2D eigenvalue weighted by Crippen LogP contribution is -2.18. The second-order valence-electron chi connectivity index (χ2n) is 4.28. The van der Waals surface area contributed by atoms with E-state index in [1.165, 1.54) is 0 Å². The Morgan fingerprint density at radius 2 is 2.06 bits per heavy atom. The third-order valence-electron chi connectivity index (χ3n) is 2.99. The first-order valence-electron chi connectivity index (χ1n) is 5.49. The van der Waals surface area contributed by atoms with E-state index in [4.69, 9.17) is 15.0 Å². The van der Waals surface area contributed by atoms with Crippen LogP contribution in [0.3, 0.4) is 0 Å². The van der Waals surface area contributed by atoms with Gasteiger partial charge in [0.2, 0.25) is 11.7 Å². The van der Waals surface area contributed by atoms with E-state index in [2.05, 4.69) is 10.1 Å². The van der Waals surface area contributed by atoms with Crippen molar-refractivity contribution in [1.82, 2.24) is 10.1 Å². The summed E-state index contributed by atoms with van der Waals surface area (Å²) >= 11 is 0. The van der Waals surface area contributed by atoms with Crippen molar-refractivity contribution in [1.29, 1.82) is 0 Å². The van der Waals surface area contributed by atoms with Crippen LogP contribution in [0, 0.1) is 0 Å². The van der Waals surface area contributed by atoms with Crippen molar-refractivity contribution < 1.29 is 9.26 Å². The number of nitrogens with two attached hydrogens (primary N) is 1. The number of halogens is 1. The van der Waals surface area contributed by atoms with E-state index in [0.717, 1.165) is 24.2 Å². The van der Waals surface area contributed by atoms with Crippen molar-refractivity contribution in [2.45, 2.75) is 18.4 Å². The lowest BCUT2D eigenvalue weighted by molar-refractivity contribution is 0.348. The summed E-state index contributed by atoms with van der Waals surface area (Å²) in [5.41, 5.74) is 6.42. The fourth-order valence-electron chi connectivity index (χ4n) is 1.71. The zero-order chi connectivity index (χ0) is 11.9. The Labute approximate surface area is 111 Å². The van der Waals surface area contributed by atoms with E-state index in [9.17, 15) is 0 Å². The maximum atomic E-state index is 6.00. The number of methoxy groups -OCH3 is 1. The van der Waals surface area contributed by atoms with Crippen LogP contribution in [0.1, 0.15) is 18.7 Å². The predicted octanol–water partition coefficient (Wildman–Crippen LogP) is 2.11. The molecule has 1 aliphatic carbocycles. The van der Waals surface area contributed by atoms with E-state index in [1.807, 2.05) is 24.3 Å². The second kappa shape index (κ2) is 4.59. The topological polar surface area (TPSA) is 74.2 Å². The molecular weight excluding hydrogens is 254 g/mol. The number of para-hydroxylation sites is 1. The number of hydrogen-bond acceptors (Lipinski definition) is 5. The van der Waals surface area contributed by atoms with Gasteiger partial charge in [0.15, 0.2) is 0 Å². The van der Waals surface area contributed by atoms with Crippen LogP contribution in [-0.4, -0.2) is 17.3 Å². The summed E-state index contributed by atoms with van der Waals surface area (Å²) in [4.78, 5) is 4.34. The molecule has 1 fully saturated rings. The van der Waals surface area contributed by atoms with Gasteiger partial charge in [-0.05, 0) is 25.0 Å². The Bertz CT molecular complexity index is 552. The van der Waals surface area contributed by atoms with Crippen molar-refractivity contribution in [2.24, 2.45) is 5.73 Å². The highest BCUT2D eigenvalue weighted by molar-refractivity contribution is 5.85. The van der Waals surface area contributed by atoms with Crippen molar-refractivity contribution >= 4 is 12.4 Å². The van der Waals surface area contributed by atoms with E-state index >= 15 is 0 Å². The first-order chi connectivity index (χ1) is 8.23. The Balaban J connectivity index is 0.00000120. The molecule has 96 valence electrons. The average Bonchev–Trinajstić information content (AvgIpc) is 2.94. The summed E-state index contributed by atoms with van der Waals surface area (Å²) in [5.74, 6) is 1.76. The van der Waals surface area contributed by atoms with Gasteiger partial charge in [0.1, 0.15) is 5.75 Å². The summed E-state index contributed by atoms with van der Waals surface area (Å²) < 4.78 is 10.5. The molecule has 0 unspecified atom stereocenters. The molecule has 18 heavy (non-hydrogen) atoms. The molecule has 0 spiro atoms. The fourth-order valence-corrected chi connectivity index (χ4v) is 1.71. The molecule has 2 aromatic rings. The number of benzene rings is 1. The fraction of sp³-hybridized carbons (Fsp3) is 0.333. The Morgan fingerprint density at radius 3 is 2.72 bits per heavy atom. The largest absolute Gasteiger partial charge is 0.496 e. The molecule has 6 heteroatoms. The summed E-state index contributed by atoms with van der Waals surface area (Å²) in [7, 11) is 1.62. The smallest absolute Gasteiger partial charge is 0.247 e. The van der Waals surface area contributed by atoms with Crippen molar-refractivity contribution in [3.05, 3.63) is 30.2 Å². The normalized spacial score (nSPS) is 15.9. The first kappa shape index (κ1) is 12.9. The standard InChI is InChI=1S/C12H13N3O2.ClH/c1-16-9-5-3-2-4-8(9)10-14-11(17-15-10)12(13)6-7-12;/h2-5H,6-7,13H2,1H3;1H. The van der Waals surface area contributed by atoms with Gasteiger partial charge in [-0.25, -0.2) is 0 Å². The minimum atomic E-state index is -0.396. The SMILES string of the molecule is COc1ccccc1-c1noc(C2(N)CC2)n1.Cl. The van der Waals surface area contributed by atoms with Crippen LogP contribution < -0.4 is 10.5 Å². The molecule has 3 rings (SSSR count). The second-order valence-corrected chi connectivity index (χ2v) is 4.28. The third-order valence-corrected chi connectivity index (χ3v) is 2.99. The zero-order valence-electron chi connectivity index (χ0n) is 9.92. The minimum absolute atomic E-state index is 0. The molecule has 5 nitrogen and oxygen atoms in total. The molecule has 1 aromatic heterocycles. The van der Waals surface area contributed by atoms with Crippen molar-refractivity contribution in [3.8, 4) is 17.1 Å². The van der Waals surface area contributed by atoms with Crippen LogP contribution in [0.15, 0.2) is 28.8 Å². The molecule has 2 N–H and O–H groups in total. The Hall–Kier alpha value is -1.59. The maximum Gasteiger partial charge on any atom is 0.247 e. The summed E-state index contributed by atoms with van der Waals surface area (Å²) in [6.45, 7) is 0. The Kier molecular flexibility index (Phi) is 3.28. The van der Waals surface area contributed by atoms with E-state index in [-0.39, 0.29) is 12.4 Å². The van der Waals surface area contributed by atoms with Gasteiger partial charge in [-0.2, -0.15) is 4.98 Å². The quantitative estimate of drug-likeness (QED) is 0.922. The van der Waals surface area contributed by atoms with Crippen molar-refractivity contribution in [2.75, 3.05) is 7.11 Å². The van der Waals surface area contributed by atoms with Gasteiger partial charge in [-0.1, -0.05) is 17.3 Å². The number of rotatable bonds is 3. The van der Waals surface area contributed by atoms with Gasteiger partial charge in [-0.15, -0.1) is 12.4 Å². The van der Waals surface area contributed by atoms with Gasteiger partial charge in [0.25, 0.3) is 0 Å². The monoisotopic (exact) mass is 267 g/mol. The molecule has 1 aromatic carbocycles. The molecule has 1 heterocycles. The molecule has 0 amide bonds. The molecule has 0 aliphatic heterocycles. The third kappa shape index (κ3) is 2.07. The van der Waals surface area contributed by atoms with Gasteiger partial charge in [0, 0.05) is 0 Å². The first-order valence-corrected chi connectivity index (χ1v) is 5.49. The zero-order valence-corrected chi connectivity index (χ0v) is 10.7. The molecule has 1 aliphatic rings. The number of hydrogen-bond donors (Lipinski definition) is 1. The van der Waals surface area contributed by atoms with E-state index in [0.29, 0.717) is 11.7 Å². The maximum absolute atomic E-state index is 6.00. The van der Waals surface area contributed by atoms with Crippen LogP contribution in [0.2, 0.25) is 0 Å². The molecular formula is C12H14ClN3O2. The predicted molar refractivity (Wildman–Crippen MR) is 68.6 cm³/mol. The van der Waals surface area contributed by atoms with Crippen LogP contribution >= 0.6 is 12.4 Å². The summed E-state index contributed by atoms with van der Waals surface area (Å²) in [5, 5.41) is 3.96. The highest BCUT2D eigenvalue weighted by Gasteiger charge is 2.45. The van der Waals surface area contributed by atoms with Crippen molar-refractivity contribution in [3.63, 3.8) is 0 Å². The molecule has 0 bridgehead atoms. The summed E-state index contributed by atoms with van der Waals surface area (Å²) in [6.07, 6.45) is 1.81. The number of aromatic nitrogens is 2. The van der Waals surface area contributed by atoms with Crippen LogP contribution in [0.25, 0.3) is 11.4 Å². The van der Waals surface area contributed by atoms with E-state index in [1.54, 1.807) is 7.11 Å². The number of ether oxygens (including phenoxy) is 1. The van der Waals surface area contributed by atoms with Crippen LogP contribution in [0.4, 0.5) is 0 Å². The molecule has 0 atom stereocenters. The van der Waals surface area contributed by atoms with Gasteiger partial charge in [0.05, 0.1) is 18.2 Å². The molecule has 1 saturated carbocycles. The molecule has 0 radical (unpaired) electrons. The van der Waals surface area contributed by atoms with Gasteiger partial charge >= 0.3 is 0 Å². The van der Waals surface area contributed by atoms with Crippen LogP contribution in [-0.2, 0) is 5.54 Å². The highest BCUT2D eigenvalue weighted by Crippen LogP contribution is 2.42. The van der Waals surface area contributed by atoms with Gasteiger partial charge < -0.3 is 15.0 Å². The van der Waals surface area contributed by atoms with Gasteiger partial charge in [-0.3, -0.25) is 0 Å². The summed E-state index contributed by atoms with van der Waals surface area (Å²) in [6, 6.07) is 7.56. The van der Waals surface area contributed by atoms with Crippen LogP contribution in [0.5, 0.6) is 5.75 Å². The lowest BCUT2D eigenvalue weighted by atomic mass is 10.2. The Morgan fingerprint density at radius 1 is 1.33 bits per heavy atom. The average molecular weight is 268 g/mol. The lowest BCUT2D eigenvalue weighted by Gasteiger charge is -2.03. The van der Waals surface area contributed by atoms with E-state index < -0.39 is 5.54 Å². The highest BCUT2D eigenvalue weighted by atomic mass is 35.5.